The molecule has 0 atom stereocenters. The van der Waals surface area contributed by atoms with E-state index in [1.165, 1.54) is 0 Å². The zero-order chi connectivity index (χ0) is 8.32. The first-order valence-electron chi connectivity index (χ1n) is 4.12. The highest BCUT2D eigenvalue weighted by molar-refractivity contribution is 5.78. The van der Waals surface area contributed by atoms with Crippen molar-refractivity contribution < 1.29 is 21.7 Å². The monoisotopic (exact) mass is 189 g/mol. The minimum atomic E-state index is 0. The lowest BCUT2D eigenvalue weighted by Crippen LogP contribution is -3.00. The van der Waals surface area contributed by atoms with Crippen molar-refractivity contribution in [1.82, 2.24) is 0 Å². The largest absolute Gasteiger partial charge is 1.00 e. The molecule has 12 heavy (non-hydrogen) atoms. The van der Waals surface area contributed by atoms with E-state index in [1.807, 2.05) is 6.08 Å². The Bertz CT molecular complexity index is 169. The molecular formula is C9H16ClNO. The van der Waals surface area contributed by atoms with Gasteiger partial charge in [-0.2, -0.15) is 0 Å². The van der Waals surface area contributed by atoms with Gasteiger partial charge in [0.15, 0.2) is 0 Å². The van der Waals surface area contributed by atoms with Gasteiger partial charge in [-0.3, -0.25) is 4.79 Å². The summed E-state index contributed by atoms with van der Waals surface area (Å²) in [6, 6.07) is 0. The maximum absolute atomic E-state index is 10.9. The second-order valence-electron chi connectivity index (χ2n) is 3.58. The molecule has 0 bridgehead atoms. The predicted octanol–water partition coefficient (Wildman–Crippen LogP) is -2.01. The van der Waals surface area contributed by atoms with E-state index >= 15 is 0 Å². The van der Waals surface area contributed by atoms with Gasteiger partial charge >= 0.3 is 0 Å². The van der Waals surface area contributed by atoms with Gasteiger partial charge in [0.05, 0.1) is 39.5 Å². The van der Waals surface area contributed by atoms with Gasteiger partial charge in [-0.1, -0.05) is 6.58 Å². The van der Waals surface area contributed by atoms with Crippen molar-refractivity contribution in [3.8, 4) is 0 Å². The Hall–Kier alpha value is -0.340. The number of carbonyl (C=O) groups excluding carboxylic acids is 1. The Balaban J connectivity index is 0.00000121. The lowest BCUT2D eigenvalue weighted by atomic mass is 10.1. The van der Waals surface area contributed by atoms with Gasteiger partial charge < -0.3 is 16.9 Å². The first-order chi connectivity index (χ1) is 5.16. The number of rotatable bonds is 2. The molecule has 70 valence electrons. The number of Topliss-reactive ketones (excluding diaryl/α,β-unsaturated/α-hetero) is 1. The number of hydrogen-bond acceptors (Lipinski definition) is 1. The zero-order valence-corrected chi connectivity index (χ0v) is 8.31. The molecule has 1 saturated heterocycles. The van der Waals surface area contributed by atoms with Crippen LogP contribution in [0, 0.1) is 0 Å². The summed E-state index contributed by atoms with van der Waals surface area (Å²) >= 11 is 0. The molecule has 0 spiro atoms. The molecule has 1 rings (SSSR count). The van der Waals surface area contributed by atoms with Crippen LogP contribution in [-0.2, 0) is 4.79 Å². The fourth-order valence-electron chi connectivity index (χ4n) is 1.52. The molecule has 0 aromatic carbocycles. The topological polar surface area (TPSA) is 17.1 Å². The number of likely N-dealkylation sites (N-methyl/N-ethyl adjacent to an activating group) is 1. The van der Waals surface area contributed by atoms with Gasteiger partial charge in [-0.15, -0.1) is 0 Å². The molecule has 1 fully saturated rings. The van der Waals surface area contributed by atoms with Crippen LogP contribution in [0.4, 0.5) is 0 Å². The van der Waals surface area contributed by atoms with E-state index < -0.39 is 0 Å². The van der Waals surface area contributed by atoms with Crippen LogP contribution < -0.4 is 12.4 Å². The number of nitrogens with zero attached hydrogens (tertiary/aromatic N) is 1. The van der Waals surface area contributed by atoms with Crippen molar-refractivity contribution in [2.24, 2.45) is 0 Å². The van der Waals surface area contributed by atoms with E-state index in [0.717, 1.165) is 37.0 Å². The third kappa shape index (κ3) is 2.95. The minimum absolute atomic E-state index is 0. The Morgan fingerprint density at radius 1 is 1.50 bits per heavy atom. The molecule has 0 aliphatic carbocycles. The summed E-state index contributed by atoms with van der Waals surface area (Å²) < 4.78 is 0.995. The molecule has 2 nitrogen and oxygen atoms in total. The van der Waals surface area contributed by atoms with Crippen LogP contribution in [0.15, 0.2) is 12.7 Å². The van der Waals surface area contributed by atoms with Crippen molar-refractivity contribution >= 4 is 5.78 Å². The molecule has 1 aliphatic heterocycles. The van der Waals surface area contributed by atoms with E-state index in [0.29, 0.717) is 5.78 Å². The molecular weight excluding hydrogens is 174 g/mol. The minimum Gasteiger partial charge on any atom is -1.00 e. The average Bonchev–Trinajstić information content (AvgIpc) is 1.97. The summed E-state index contributed by atoms with van der Waals surface area (Å²) in [5.41, 5.74) is 0. The number of likely N-dealkylation sites (tertiary alicyclic amines) is 1. The van der Waals surface area contributed by atoms with E-state index in [2.05, 4.69) is 13.6 Å². The van der Waals surface area contributed by atoms with Crippen molar-refractivity contribution in [3.63, 3.8) is 0 Å². The summed E-state index contributed by atoms with van der Waals surface area (Å²) in [5, 5.41) is 0. The number of ketones is 1. The van der Waals surface area contributed by atoms with Gasteiger partial charge in [-0.25, -0.2) is 0 Å². The SMILES string of the molecule is C=CC[N+]1(C)CCC(=O)CC1.[Cl-]. The van der Waals surface area contributed by atoms with Crippen LogP contribution in [0.5, 0.6) is 0 Å². The van der Waals surface area contributed by atoms with Crippen LogP contribution in [0.3, 0.4) is 0 Å². The maximum atomic E-state index is 10.9. The average molecular weight is 190 g/mol. The highest BCUT2D eigenvalue weighted by atomic mass is 35.5. The number of halogens is 1. The van der Waals surface area contributed by atoms with Gasteiger partial charge in [-0.05, 0) is 6.08 Å². The van der Waals surface area contributed by atoms with Crippen LogP contribution in [0.25, 0.3) is 0 Å². The zero-order valence-electron chi connectivity index (χ0n) is 7.55. The van der Waals surface area contributed by atoms with Gasteiger partial charge in [0.25, 0.3) is 0 Å². The van der Waals surface area contributed by atoms with Crippen LogP contribution in [0.1, 0.15) is 12.8 Å². The molecule has 0 N–H and O–H groups in total. The van der Waals surface area contributed by atoms with Crippen LogP contribution in [-0.4, -0.2) is 36.9 Å². The highest BCUT2D eigenvalue weighted by Gasteiger charge is 2.26. The molecule has 0 aromatic heterocycles. The Morgan fingerprint density at radius 3 is 2.42 bits per heavy atom. The number of piperidine rings is 1. The highest BCUT2D eigenvalue weighted by Crippen LogP contribution is 2.13. The summed E-state index contributed by atoms with van der Waals surface area (Å²) in [7, 11) is 2.19. The Labute approximate surface area is 80.2 Å². The smallest absolute Gasteiger partial charge is 0.144 e. The summed E-state index contributed by atoms with van der Waals surface area (Å²) in [6.07, 6.45) is 3.45. The van der Waals surface area contributed by atoms with Crippen molar-refractivity contribution in [3.05, 3.63) is 12.7 Å². The van der Waals surface area contributed by atoms with Crippen LogP contribution in [0.2, 0.25) is 0 Å². The number of hydrogen-bond donors (Lipinski definition) is 0. The lowest BCUT2D eigenvalue weighted by Gasteiger charge is -2.36. The summed E-state index contributed by atoms with van der Waals surface area (Å²) in [5.74, 6) is 0.421. The number of quaternary nitrogens is 1. The lowest BCUT2D eigenvalue weighted by molar-refractivity contribution is -0.905. The predicted molar refractivity (Wildman–Crippen MR) is 45.2 cm³/mol. The summed E-state index contributed by atoms with van der Waals surface area (Å²) in [4.78, 5) is 10.9. The standard InChI is InChI=1S/C9H16NO.ClH/c1-3-6-10(2)7-4-9(11)5-8-10;/h3H,1,4-8H2,2H3;1H/q+1;/p-1. The van der Waals surface area contributed by atoms with E-state index in [4.69, 9.17) is 0 Å². The molecule has 1 aliphatic rings. The Kier molecular flexibility index (Phi) is 4.50. The van der Waals surface area contributed by atoms with Crippen molar-refractivity contribution in [2.75, 3.05) is 26.7 Å². The first-order valence-corrected chi connectivity index (χ1v) is 4.12. The molecule has 0 aromatic rings. The second-order valence-corrected chi connectivity index (χ2v) is 3.58. The van der Waals surface area contributed by atoms with E-state index in [-0.39, 0.29) is 12.4 Å². The van der Waals surface area contributed by atoms with Gasteiger partial charge in [0.2, 0.25) is 0 Å². The van der Waals surface area contributed by atoms with Crippen molar-refractivity contribution in [2.45, 2.75) is 12.8 Å². The second kappa shape index (κ2) is 4.63. The van der Waals surface area contributed by atoms with E-state index in [9.17, 15) is 4.79 Å². The normalized spacial score (nSPS) is 21.2. The molecule has 1 heterocycles. The fraction of sp³-hybridized carbons (Fsp3) is 0.667. The molecule has 0 radical (unpaired) electrons. The first kappa shape index (κ1) is 11.7. The fourth-order valence-corrected chi connectivity index (χ4v) is 1.52. The van der Waals surface area contributed by atoms with E-state index in [1.54, 1.807) is 0 Å². The quantitative estimate of drug-likeness (QED) is 0.363. The molecule has 3 heteroatoms. The third-order valence-corrected chi connectivity index (χ3v) is 2.43. The van der Waals surface area contributed by atoms with Crippen molar-refractivity contribution in [1.29, 1.82) is 0 Å². The molecule has 0 saturated carbocycles. The molecule has 0 amide bonds. The Morgan fingerprint density at radius 2 is 2.00 bits per heavy atom. The maximum Gasteiger partial charge on any atom is 0.144 e. The van der Waals surface area contributed by atoms with Gasteiger partial charge in [0, 0.05) is 0 Å². The summed E-state index contributed by atoms with van der Waals surface area (Å²) in [6.45, 7) is 6.69. The van der Waals surface area contributed by atoms with Gasteiger partial charge in [0.1, 0.15) is 5.78 Å². The number of carbonyl (C=O) groups is 1. The van der Waals surface area contributed by atoms with Crippen LogP contribution >= 0.6 is 0 Å². The molecule has 0 unspecified atom stereocenters. The third-order valence-electron chi connectivity index (χ3n) is 2.43.